The molecule has 0 amide bonds. The van der Waals surface area contributed by atoms with Gasteiger partial charge in [0.2, 0.25) is 0 Å². The number of hydrogen-bond donors (Lipinski definition) is 1. The number of halogens is 1. The van der Waals surface area contributed by atoms with Crippen LogP contribution in [0.5, 0.6) is 0 Å². The van der Waals surface area contributed by atoms with Gasteiger partial charge in [0.05, 0.1) is 9.75 Å². The van der Waals surface area contributed by atoms with Gasteiger partial charge in [0.25, 0.3) is 0 Å². The van der Waals surface area contributed by atoms with E-state index in [-0.39, 0.29) is 12.4 Å². The summed E-state index contributed by atoms with van der Waals surface area (Å²) in [5.74, 6) is -0.836. The highest BCUT2D eigenvalue weighted by Crippen LogP contribution is 2.23. The molecule has 0 fully saturated rings. The summed E-state index contributed by atoms with van der Waals surface area (Å²) in [6.07, 6.45) is 2.56. The second-order valence-electron chi connectivity index (χ2n) is 5.78. The molecule has 1 aliphatic heterocycles. The third-order valence-corrected chi connectivity index (χ3v) is 5.89. The minimum Gasteiger partial charge on any atom is -0.478 e. The van der Waals surface area contributed by atoms with Gasteiger partial charge in [-0.1, -0.05) is 17.3 Å². The summed E-state index contributed by atoms with van der Waals surface area (Å²) < 4.78 is 0. The molecule has 0 atom stereocenters. The van der Waals surface area contributed by atoms with E-state index in [1.165, 1.54) is 5.56 Å². The molecule has 26 heavy (non-hydrogen) atoms. The number of aliphatic carboxylic acids is 1. The second-order valence-corrected chi connectivity index (χ2v) is 7.65. The molecule has 3 heterocycles. The number of hydrogen-bond acceptors (Lipinski definition) is 6. The number of carbonyl (C=O) groups is 1. The van der Waals surface area contributed by atoms with Crippen molar-refractivity contribution in [2.24, 2.45) is 5.16 Å². The predicted octanol–water partition coefficient (Wildman–Crippen LogP) is 4.03. The molecule has 140 valence electrons. The summed E-state index contributed by atoms with van der Waals surface area (Å²) in [6, 6.07) is 6.13. The van der Waals surface area contributed by atoms with E-state index >= 15 is 0 Å². The number of nitrogens with zero attached hydrogens (tertiary/aromatic N) is 2. The Morgan fingerprint density at radius 1 is 1.35 bits per heavy atom. The van der Waals surface area contributed by atoms with Crippen molar-refractivity contribution in [3.8, 4) is 0 Å². The maximum Gasteiger partial charge on any atom is 0.332 e. The Bertz CT molecular complexity index is 784. The van der Waals surface area contributed by atoms with Crippen molar-refractivity contribution in [3.05, 3.63) is 55.9 Å². The van der Waals surface area contributed by atoms with Gasteiger partial charge in [-0.2, -0.15) is 0 Å². The van der Waals surface area contributed by atoms with Gasteiger partial charge in [-0.25, -0.2) is 4.79 Å². The summed E-state index contributed by atoms with van der Waals surface area (Å²) in [5, 5.41) is 17.6. The summed E-state index contributed by atoms with van der Waals surface area (Å²) in [7, 11) is 0. The zero-order chi connectivity index (χ0) is 17.6. The maximum absolute atomic E-state index is 11.1. The van der Waals surface area contributed by atoms with Crippen molar-refractivity contribution in [2.75, 3.05) is 26.2 Å². The highest BCUT2D eigenvalue weighted by atomic mass is 35.5. The highest BCUT2D eigenvalue weighted by molar-refractivity contribution is 7.16. The van der Waals surface area contributed by atoms with Crippen LogP contribution in [0.3, 0.4) is 0 Å². The van der Waals surface area contributed by atoms with E-state index in [0.29, 0.717) is 25.3 Å². The summed E-state index contributed by atoms with van der Waals surface area (Å²) in [4.78, 5) is 20.9. The normalized spacial score (nSPS) is 15.3. The SMILES string of the molecule is Cc1ccsc1/C(=N\OCCN1CCC=C(C(=O)O)C1)c1cccs1.Cl. The van der Waals surface area contributed by atoms with Crippen LogP contribution in [0.4, 0.5) is 0 Å². The Morgan fingerprint density at radius 3 is 2.85 bits per heavy atom. The molecule has 0 aliphatic carbocycles. The zero-order valence-electron chi connectivity index (χ0n) is 14.4. The standard InChI is InChI=1S/C18H20N2O3S2.ClH/c1-13-6-11-25-17(13)16(15-5-3-10-24-15)19-23-9-8-20-7-2-4-14(12-20)18(21)22;/h3-6,10-11H,2,7-9,12H2,1H3,(H,21,22);1H/b19-16-;. The first-order chi connectivity index (χ1) is 12.1. The summed E-state index contributed by atoms with van der Waals surface area (Å²) >= 11 is 3.30. The molecule has 0 bridgehead atoms. The lowest BCUT2D eigenvalue weighted by molar-refractivity contribution is -0.133. The smallest absolute Gasteiger partial charge is 0.332 e. The number of aryl methyl sites for hydroxylation is 1. The second kappa shape index (κ2) is 9.87. The van der Waals surface area contributed by atoms with Crippen LogP contribution in [0.1, 0.15) is 21.7 Å². The first-order valence-electron chi connectivity index (χ1n) is 8.08. The van der Waals surface area contributed by atoms with Crippen LogP contribution in [0.15, 0.2) is 45.8 Å². The Kier molecular flexibility index (Phi) is 7.84. The van der Waals surface area contributed by atoms with Gasteiger partial charge in [0.1, 0.15) is 12.3 Å². The third kappa shape index (κ3) is 5.17. The van der Waals surface area contributed by atoms with Crippen LogP contribution in [-0.2, 0) is 9.63 Å². The van der Waals surface area contributed by atoms with Gasteiger partial charge in [0, 0.05) is 25.2 Å². The summed E-state index contributed by atoms with van der Waals surface area (Å²) in [6.45, 7) is 4.49. The minimum atomic E-state index is -0.836. The fourth-order valence-electron chi connectivity index (χ4n) is 2.66. The number of carboxylic acids is 1. The van der Waals surface area contributed by atoms with Gasteiger partial charge < -0.3 is 9.94 Å². The van der Waals surface area contributed by atoms with E-state index in [1.54, 1.807) is 28.7 Å². The average Bonchev–Trinajstić information content (AvgIpc) is 3.27. The molecule has 2 aromatic heterocycles. The van der Waals surface area contributed by atoms with E-state index in [0.717, 1.165) is 28.4 Å². The van der Waals surface area contributed by atoms with Crippen molar-refractivity contribution in [1.82, 2.24) is 4.90 Å². The van der Waals surface area contributed by atoms with Crippen LogP contribution < -0.4 is 0 Å². The zero-order valence-corrected chi connectivity index (χ0v) is 16.8. The van der Waals surface area contributed by atoms with E-state index in [4.69, 9.17) is 9.94 Å². The van der Waals surface area contributed by atoms with Crippen molar-refractivity contribution in [3.63, 3.8) is 0 Å². The topological polar surface area (TPSA) is 62.1 Å². The molecule has 3 rings (SSSR count). The molecule has 2 aromatic rings. The van der Waals surface area contributed by atoms with Crippen LogP contribution in [0, 0.1) is 6.92 Å². The van der Waals surface area contributed by atoms with E-state index in [2.05, 4.69) is 28.4 Å². The van der Waals surface area contributed by atoms with Crippen molar-refractivity contribution < 1.29 is 14.7 Å². The van der Waals surface area contributed by atoms with Crippen LogP contribution in [0.2, 0.25) is 0 Å². The molecule has 0 unspecified atom stereocenters. The first kappa shape index (κ1) is 20.6. The molecule has 0 saturated carbocycles. The largest absolute Gasteiger partial charge is 0.478 e. The Balaban J connectivity index is 0.00000243. The number of rotatable bonds is 7. The Hall–Kier alpha value is -1.67. The van der Waals surface area contributed by atoms with Gasteiger partial charge >= 0.3 is 5.97 Å². The van der Waals surface area contributed by atoms with Crippen LogP contribution in [0.25, 0.3) is 0 Å². The van der Waals surface area contributed by atoms with E-state index in [9.17, 15) is 4.79 Å². The Morgan fingerprint density at radius 2 is 2.19 bits per heavy atom. The monoisotopic (exact) mass is 412 g/mol. The van der Waals surface area contributed by atoms with Crippen LogP contribution in [-0.4, -0.2) is 47.9 Å². The molecular formula is C18H21ClN2O3S2. The molecule has 1 N–H and O–H groups in total. The number of carboxylic acid groups (broad SMARTS) is 1. The molecule has 8 heteroatoms. The van der Waals surface area contributed by atoms with Gasteiger partial charge in [0.15, 0.2) is 0 Å². The van der Waals surface area contributed by atoms with Gasteiger partial charge in [-0.3, -0.25) is 4.90 Å². The number of oxime groups is 1. The molecular weight excluding hydrogens is 392 g/mol. The molecule has 1 aliphatic rings. The molecule has 0 aromatic carbocycles. The van der Waals surface area contributed by atoms with Gasteiger partial charge in [-0.15, -0.1) is 35.1 Å². The predicted molar refractivity (Wildman–Crippen MR) is 109 cm³/mol. The lowest BCUT2D eigenvalue weighted by atomic mass is 10.1. The lowest BCUT2D eigenvalue weighted by Crippen LogP contribution is -2.34. The first-order valence-corrected chi connectivity index (χ1v) is 9.84. The van der Waals surface area contributed by atoms with Crippen molar-refractivity contribution in [1.29, 1.82) is 0 Å². The average molecular weight is 413 g/mol. The number of thiophene rings is 2. The fourth-order valence-corrected chi connectivity index (χ4v) is 4.36. The Labute approximate surface area is 167 Å². The van der Waals surface area contributed by atoms with E-state index in [1.807, 2.05) is 17.5 Å². The molecule has 0 saturated heterocycles. The van der Waals surface area contributed by atoms with Crippen molar-refractivity contribution >= 4 is 46.8 Å². The van der Waals surface area contributed by atoms with Gasteiger partial charge in [-0.05, 0) is 41.8 Å². The molecule has 0 spiro atoms. The third-order valence-electron chi connectivity index (χ3n) is 3.99. The van der Waals surface area contributed by atoms with E-state index < -0.39 is 5.97 Å². The molecule has 5 nitrogen and oxygen atoms in total. The fraction of sp³-hybridized carbons (Fsp3) is 0.333. The summed E-state index contributed by atoms with van der Waals surface area (Å²) in [5.41, 5.74) is 2.52. The molecule has 0 radical (unpaired) electrons. The lowest BCUT2D eigenvalue weighted by Gasteiger charge is -2.24. The quantitative estimate of drug-likeness (QED) is 0.423. The minimum absolute atomic E-state index is 0. The van der Waals surface area contributed by atoms with Crippen LogP contribution >= 0.6 is 35.1 Å². The highest BCUT2D eigenvalue weighted by Gasteiger charge is 2.17. The van der Waals surface area contributed by atoms with Crippen molar-refractivity contribution in [2.45, 2.75) is 13.3 Å². The maximum atomic E-state index is 11.1.